The van der Waals surface area contributed by atoms with E-state index in [9.17, 15) is 18.0 Å². The summed E-state index contributed by atoms with van der Waals surface area (Å²) >= 11 is 0. The first-order valence-corrected chi connectivity index (χ1v) is 11.5. The van der Waals surface area contributed by atoms with Gasteiger partial charge >= 0.3 is 5.97 Å². The van der Waals surface area contributed by atoms with Gasteiger partial charge in [-0.05, 0) is 42.8 Å². The molecule has 1 N–H and O–H groups in total. The van der Waals surface area contributed by atoms with E-state index < -0.39 is 28.5 Å². The molecule has 7 nitrogen and oxygen atoms in total. The number of sulfonamides is 1. The molecule has 0 saturated carbocycles. The van der Waals surface area contributed by atoms with Gasteiger partial charge < -0.3 is 10.1 Å². The molecule has 166 valence electrons. The summed E-state index contributed by atoms with van der Waals surface area (Å²) in [6.45, 7) is 1.81. The molecule has 3 rings (SSSR count). The molecule has 0 heterocycles. The van der Waals surface area contributed by atoms with Crippen molar-refractivity contribution in [3.05, 3.63) is 96.1 Å². The number of nitrogens with zero attached hydrogens (tertiary/aromatic N) is 1. The molecule has 0 aliphatic heterocycles. The molecule has 0 saturated heterocycles. The van der Waals surface area contributed by atoms with Crippen LogP contribution in [0.3, 0.4) is 0 Å². The van der Waals surface area contributed by atoms with Gasteiger partial charge in [0.15, 0.2) is 6.61 Å². The van der Waals surface area contributed by atoms with E-state index in [4.69, 9.17) is 4.74 Å². The second-order valence-corrected chi connectivity index (χ2v) is 8.73. The molecule has 32 heavy (non-hydrogen) atoms. The largest absolute Gasteiger partial charge is 0.452 e. The second-order valence-electron chi connectivity index (χ2n) is 6.87. The fraction of sp³-hybridized carbons (Fsp3) is 0.167. The molecule has 0 radical (unpaired) electrons. The first-order chi connectivity index (χ1) is 15.4. The monoisotopic (exact) mass is 452 g/mol. The molecule has 3 aromatic carbocycles. The smallest absolute Gasteiger partial charge is 0.338 e. The zero-order valence-corrected chi connectivity index (χ0v) is 18.4. The van der Waals surface area contributed by atoms with Crippen LogP contribution < -0.4 is 9.62 Å². The minimum atomic E-state index is -3.88. The number of esters is 1. The zero-order chi connectivity index (χ0) is 23.0. The Morgan fingerprint density at radius 1 is 0.906 bits per heavy atom. The zero-order valence-electron chi connectivity index (χ0n) is 17.6. The van der Waals surface area contributed by atoms with Crippen LogP contribution in [0.2, 0.25) is 0 Å². The van der Waals surface area contributed by atoms with Gasteiger partial charge in [-0.2, -0.15) is 0 Å². The van der Waals surface area contributed by atoms with E-state index in [-0.39, 0.29) is 17.0 Å². The van der Waals surface area contributed by atoms with Gasteiger partial charge in [0.25, 0.3) is 15.9 Å². The standard InChI is InChI=1S/C24H24N2O5S/c1-2-26(21-13-7-4-8-14-21)32(29,30)22-15-9-12-20(16-22)24(28)31-18-23(27)25-17-19-10-5-3-6-11-19/h3-16H,2,17-18H2,1H3,(H,25,27). The van der Waals surface area contributed by atoms with Crippen LogP contribution in [-0.4, -0.2) is 33.4 Å². The summed E-state index contributed by atoms with van der Waals surface area (Å²) in [5.41, 5.74) is 1.49. The normalized spacial score (nSPS) is 10.9. The Kier molecular flexibility index (Phi) is 7.62. The van der Waals surface area contributed by atoms with Gasteiger partial charge in [-0.25, -0.2) is 13.2 Å². The molecule has 1 amide bonds. The van der Waals surface area contributed by atoms with Gasteiger partial charge in [-0.1, -0.05) is 54.6 Å². The van der Waals surface area contributed by atoms with Crippen LogP contribution in [0.15, 0.2) is 89.8 Å². The number of amides is 1. The number of hydrogen-bond acceptors (Lipinski definition) is 5. The lowest BCUT2D eigenvalue weighted by atomic mass is 10.2. The average Bonchev–Trinajstić information content (AvgIpc) is 2.83. The highest BCUT2D eigenvalue weighted by Gasteiger charge is 2.24. The Morgan fingerprint density at radius 3 is 2.22 bits per heavy atom. The number of nitrogens with one attached hydrogen (secondary N) is 1. The maximum absolute atomic E-state index is 13.1. The van der Waals surface area contributed by atoms with Crippen molar-refractivity contribution in [3.8, 4) is 0 Å². The van der Waals surface area contributed by atoms with E-state index in [0.717, 1.165) is 5.56 Å². The van der Waals surface area contributed by atoms with Crippen LogP contribution in [0.1, 0.15) is 22.8 Å². The highest BCUT2D eigenvalue weighted by Crippen LogP contribution is 2.24. The van der Waals surface area contributed by atoms with Gasteiger partial charge in [-0.15, -0.1) is 0 Å². The third-order valence-corrected chi connectivity index (χ3v) is 6.55. The Labute approximate surface area is 187 Å². The van der Waals surface area contributed by atoms with Crippen LogP contribution in [0, 0.1) is 0 Å². The Hall–Kier alpha value is -3.65. The lowest BCUT2D eigenvalue weighted by Gasteiger charge is -2.23. The Morgan fingerprint density at radius 2 is 1.56 bits per heavy atom. The fourth-order valence-corrected chi connectivity index (χ4v) is 4.58. The molecule has 3 aromatic rings. The lowest BCUT2D eigenvalue weighted by Crippen LogP contribution is -2.31. The molecule has 0 aliphatic rings. The van der Waals surface area contributed by atoms with Gasteiger partial charge in [0.1, 0.15) is 0 Å². The van der Waals surface area contributed by atoms with Crippen molar-refractivity contribution in [1.29, 1.82) is 0 Å². The molecule has 0 aliphatic carbocycles. The van der Waals surface area contributed by atoms with Crippen molar-refractivity contribution in [2.24, 2.45) is 0 Å². The van der Waals surface area contributed by atoms with Crippen LogP contribution >= 0.6 is 0 Å². The highest BCUT2D eigenvalue weighted by molar-refractivity contribution is 7.92. The second kappa shape index (κ2) is 10.6. The first-order valence-electron chi connectivity index (χ1n) is 10.1. The predicted molar refractivity (Wildman–Crippen MR) is 122 cm³/mol. The Balaban J connectivity index is 1.65. The SMILES string of the molecule is CCN(c1ccccc1)S(=O)(=O)c1cccc(C(=O)OCC(=O)NCc2ccccc2)c1. The number of anilines is 1. The number of hydrogen-bond donors (Lipinski definition) is 1. The van der Waals surface area contributed by atoms with E-state index in [1.165, 1.54) is 28.6 Å². The van der Waals surface area contributed by atoms with Crippen molar-refractivity contribution in [2.75, 3.05) is 17.5 Å². The van der Waals surface area contributed by atoms with Gasteiger partial charge in [0, 0.05) is 13.1 Å². The van der Waals surface area contributed by atoms with Crippen molar-refractivity contribution in [2.45, 2.75) is 18.4 Å². The number of carbonyl (C=O) groups is 2. The van der Waals surface area contributed by atoms with Gasteiger partial charge in [0.2, 0.25) is 0 Å². The van der Waals surface area contributed by atoms with E-state index in [1.54, 1.807) is 37.3 Å². The van der Waals surface area contributed by atoms with E-state index in [0.29, 0.717) is 12.2 Å². The van der Waals surface area contributed by atoms with Crippen molar-refractivity contribution >= 4 is 27.6 Å². The predicted octanol–water partition coefficient (Wildman–Crippen LogP) is 3.38. The molecule has 0 bridgehead atoms. The molecular formula is C24H24N2O5S. The molecule has 0 aromatic heterocycles. The number of rotatable bonds is 9. The summed E-state index contributed by atoms with van der Waals surface area (Å²) in [6, 6.07) is 23.6. The number of ether oxygens (including phenoxy) is 1. The maximum atomic E-state index is 13.1. The van der Waals surface area contributed by atoms with Crippen molar-refractivity contribution < 1.29 is 22.7 Å². The average molecular weight is 453 g/mol. The summed E-state index contributed by atoms with van der Waals surface area (Å²) in [5.74, 6) is -1.23. The Bertz CT molecular complexity index is 1170. The third-order valence-electron chi connectivity index (χ3n) is 4.66. The number of benzene rings is 3. The van der Waals surface area contributed by atoms with E-state index in [2.05, 4.69) is 5.32 Å². The van der Waals surface area contributed by atoms with E-state index >= 15 is 0 Å². The van der Waals surface area contributed by atoms with Crippen molar-refractivity contribution in [1.82, 2.24) is 5.32 Å². The first kappa shape index (κ1) is 23.0. The molecule has 0 spiro atoms. The van der Waals surface area contributed by atoms with Gasteiger partial charge in [0.05, 0.1) is 16.1 Å². The molecule has 0 fully saturated rings. The quantitative estimate of drug-likeness (QED) is 0.503. The fourth-order valence-electron chi connectivity index (χ4n) is 3.06. The van der Waals surface area contributed by atoms with E-state index in [1.807, 2.05) is 30.3 Å². The van der Waals surface area contributed by atoms with Gasteiger partial charge in [-0.3, -0.25) is 9.10 Å². The number of carbonyl (C=O) groups excluding carboxylic acids is 2. The summed E-state index contributed by atoms with van der Waals surface area (Å²) in [4.78, 5) is 24.3. The summed E-state index contributed by atoms with van der Waals surface area (Å²) < 4.78 is 32.6. The maximum Gasteiger partial charge on any atom is 0.338 e. The third kappa shape index (κ3) is 5.73. The minimum absolute atomic E-state index is 0.0359. The summed E-state index contributed by atoms with van der Waals surface area (Å²) in [7, 11) is -3.88. The number of para-hydroxylation sites is 1. The van der Waals surface area contributed by atoms with Crippen LogP contribution in [0.5, 0.6) is 0 Å². The van der Waals surface area contributed by atoms with Crippen LogP contribution in [-0.2, 0) is 26.1 Å². The van der Waals surface area contributed by atoms with Crippen molar-refractivity contribution in [3.63, 3.8) is 0 Å². The summed E-state index contributed by atoms with van der Waals surface area (Å²) in [5, 5.41) is 2.66. The summed E-state index contributed by atoms with van der Waals surface area (Å²) in [6.07, 6.45) is 0. The molecule has 8 heteroatoms. The van der Waals surface area contributed by atoms with Crippen LogP contribution in [0.25, 0.3) is 0 Å². The lowest BCUT2D eigenvalue weighted by molar-refractivity contribution is -0.124. The molecular weight excluding hydrogens is 428 g/mol. The molecule has 0 unspecified atom stereocenters. The highest BCUT2D eigenvalue weighted by atomic mass is 32.2. The molecule has 0 atom stereocenters. The van der Waals surface area contributed by atoms with Crippen LogP contribution in [0.4, 0.5) is 5.69 Å². The topological polar surface area (TPSA) is 92.8 Å². The minimum Gasteiger partial charge on any atom is -0.452 e.